The molecule has 25 heavy (non-hydrogen) atoms. The molecule has 3 heteroatoms. The van der Waals surface area contributed by atoms with Gasteiger partial charge in [0.2, 0.25) is 0 Å². The third-order valence-corrected chi connectivity index (χ3v) is 5.00. The molecule has 0 fully saturated rings. The summed E-state index contributed by atoms with van der Waals surface area (Å²) in [5.41, 5.74) is 0. The minimum Gasteiger partial charge on any atom is -0.453 e. The number of hydrogen-bond acceptors (Lipinski definition) is 2. The van der Waals surface area contributed by atoms with Gasteiger partial charge in [0.15, 0.2) is 0 Å². The summed E-state index contributed by atoms with van der Waals surface area (Å²) >= 11 is 0. The Morgan fingerprint density at radius 2 is 0.920 bits per heavy atom. The number of carbonyl (C=O) groups excluding carboxylic acids is 1. The third-order valence-electron chi connectivity index (χ3n) is 5.00. The zero-order valence-electron chi connectivity index (χ0n) is 17.5. The molecule has 0 rings (SSSR count). The maximum Gasteiger partial charge on any atom is 0.409 e. The van der Waals surface area contributed by atoms with Crippen molar-refractivity contribution >= 4 is 6.09 Å². The average Bonchev–Trinajstić information content (AvgIpc) is 2.63. The van der Waals surface area contributed by atoms with Crippen molar-refractivity contribution in [1.29, 1.82) is 0 Å². The van der Waals surface area contributed by atoms with Crippen LogP contribution in [0.15, 0.2) is 0 Å². The van der Waals surface area contributed by atoms with Crippen LogP contribution in [0.1, 0.15) is 117 Å². The van der Waals surface area contributed by atoms with Gasteiger partial charge in [-0.1, -0.05) is 104 Å². The second-order valence-corrected chi connectivity index (χ2v) is 7.41. The fraction of sp³-hybridized carbons (Fsp3) is 0.955. The van der Waals surface area contributed by atoms with Crippen LogP contribution in [0.4, 0.5) is 4.79 Å². The standard InChI is InChI=1S/C22H45NO2/c1-4-6-8-10-12-14-16-18-20-23(22(24)25-3)21-19-17-15-13-11-9-7-5-2/h4-21H2,1-3H3. The van der Waals surface area contributed by atoms with Gasteiger partial charge in [0, 0.05) is 13.1 Å². The molecule has 0 heterocycles. The minimum absolute atomic E-state index is 0.147. The number of amides is 1. The molecule has 0 aromatic heterocycles. The van der Waals surface area contributed by atoms with Crippen LogP contribution in [0.25, 0.3) is 0 Å². The number of carbonyl (C=O) groups is 1. The van der Waals surface area contributed by atoms with Crippen molar-refractivity contribution < 1.29 is 9.53 Å². The summed E-state index contributed by atoms with van der Waals surface area (Å²) in [6.45, 7) is 6.23. The molecular weight excluding hydrogens is 310 g/mol. The molecule has 0 radical (unpaired) electrons. The average molecular weight is 356 g/mol. The lowest BCUT2D eigenvalue weighted by atomic mass is 10.1. The topological polar surface area (TPSA) is 29.5 Å². The Morgan fingerprint density at radius 1 is 0.600 bits per heavy atom. The highest BCUT2D eigenvalue weighted by atomic mass is 16.5. The largest absolute Gasteiger partial charge is 0.453 e. The summed E-state index contributed by atoms with van der Waals surface area (Å²) in [6, 6.07) is 0. The Labute approximate surface area is 157 Å². The Balaban J connectivity index is 3.64. The Hall–Kier alpha value is -0.730. The molecule has 0 N–H and O–H groups in total. The van der Waals surface area contributed by atoms with Crippen LogP contribution >= 0.6 is 0 Å². The van der Waals surface area contributed by atoms with E-state index in [0.29, 0.717) is 0 Å². The van der Waals surface area contributed by atoms with E-state index < -0.39 is 0 Å². The highest BCUT2D eigenvalue weighted by molar-refractivity contribution is 5.67. The first-order valence-corrected chi connectivity index (χ1v) is 11.1. The van der Waals surface area contributed by atoms with E-state index in [9.17, 15) is 4.79 Å². The molecular formula is C22H45NO2. The van der Waals surface area contributed by atoms with Crippen molar-refractivity contribution in [3.63, 3.8) is 0 Å². The second kappa shape index (κ2) is 19.6. The summed E-state index contributed by atoms with van der Waals surface area (Å²) in [4.78, 5) is 13.8. The zero-order chi connectivity index (χ0) is 18.6. The van der Waals surface area contributed by atoms with E-state index in [2.05, 4.69) is 13.8 Å². The quantitative estimate of drug-likeness (QED) is 0.241. The van der Waals surface area contributed by atoms with E-state index in [1.165, 1.54) is 97.0 Å². The first-order valence-electron chi connectivity index (χ1n) is 11.1. The number of unbranched alkanes of at least 4 members (excludes halogenated alkanes) is 14. The van der Waals surface area contributed by atoms with Gasteiger partial charge in [-0.15, -0.1) is 0 Å². The normalized spacial score (nSPS) is 10.8. The van der Waals surface area contributed by atoms with Gasteiger partial charge in [-0.3, -0.25) is 0 Å². The highest BCUT2D eigenvalue weighted by Gasteiger charge is 2.12. The van der Waals surface area contributed by atoms with Crippen molar-refractivity contribution in [2.45, 2.75) is 117 Å². The van der Waals surface area contributed by atoms with Crippen LogP contribution in [-0.2, 0) is 4.74 Å². The van der Waals surface area contributed by atoms with E-state index in [0.717, 1.165) is 25.9 Å². The molecule has 0 bridgehead atoms. The van der Waals surface area contributed by atoms with E-state index >= 15 is 0 Å². The lowest BCUT2D eigenvalue weighted by Gasteiger charge is -2.21. The van der Waals surface area contributed by atoms with Gasteiger partial charge in [-0.25, -0.2) is 4.79 Å². The number of methoxy groups -OCH3 is 1. The maximum atomic E-state index is 11.9. The molecule has 0 unspecified atom stereocenters. The molecule has 0 aliphatic carbocycles. The smallest absolute Gasteiger partial charge is 0.409 e. The summed E-state index contributed by atoms with van der Waals surface area (Å²) in [6.07, 6.45) is 20.7. The Morgan fingerprint density at radius 3 is 1.24 bits per heavy atom. The molecule has 1 amide bonds. The first kappa shape index (κ1) is 24.3. The van der Waals surface area contributed by atoms with Gasteiger partial charge < -0.3 is 9.64 Å². The number of rotatable bonds is 18. The fourth-order valence-electron chi connectivity index (χ4n) is 3.30. The zero-order valence-corrected chi connectivity index (χ0v) is 17.5. The lowest BCUT2D eigenvalue weighted by molar-refractivity contribution is 0.121. The molecule has 0 atom stereocenters. The van der Waals surface area contributed by atoms with Gasteiger partial charge in [0.1, 0.15) is 0 Å². The highest BCUT2D eigenvalue weighted by Crippen LogP contribution is 2.11. The van der Waals surface area contributed by atoms with Crippen molar-refractivity contribution in [2.75, 3.05) is 20.2 Å². The molecule has 0 saturated heterocycles. The molecule has 0 spiro atoms. The van der Waals surface area contributed by atoms with Crippen molar-refractivity contribution in [1.82, 2.24) is 4.90 Å². The fourth-order valence-corrected chi connectivity index (χ4v) is 3.30. The van der Waals surface area contributed by atoms with E-state index in [1.807, 2.05) is 4.90 Å². The van der Waals surface area contributed by atoms with Crippen LogP contribution in [0.2, 0.25) is 0 Å². The summed E-state index contributed by atoms with van der Waals surface area (Å²) in [5.74, 6) is 0. The Bertz CT molecular complexity index is 261. The van der Waals surface area contributed by atoms with Gasteiger partial charge in [0.25, 0.3) is 0 Å². The van der Waals surface area contributed by atoms with Crippen LogP contribution in [0.5, 0.6) is 0 Å². The second-order valence-electron chi connectivity index (χ2n) is 7.41. The van der Waals surface area contributed by atoms with E-state index in [-0.39, 0.29) is 6.09 Å². The molecule has 0 aliphatic heterocycles. The summed E-state index contributed by atoms with van der Waals surface area (Å²) < 4.78 is 4.94. The molecule has 0 aromatic carbocycles. The van der Waals surface area contributed by atoms with Crippen molar-refractivity contribution in [2.24, 2.45) is 0 Å². The van der Waals surface area contributed by atoms with Crippen LogP contribution in [-0.4, -0.2) is 31.2 Å². The third kappa shape index (κ3) is 16.5. The number of nitrogens with zero attached hydrogens (tertiary/aromatic N) is 1. The number of ether oxygens (including phenoxy) is 1. The van der Waals surface area contributed by atoms with E-state index in [1.54, 1.807) is 0 Å². The van der Waals surface area contributed by atoms with Gasteiger partial charge in [-0.05, 0) is 12.8 Å². The first-order chi connectivity index (χ1) is 12.3. The summed E-state index contributed by atoms with van der Waals surface area (Å²) in [5, 5.41) is 0. The van der Waals surface area contributed by atoms with Gasteiger partial charge in [0.05, 0.1) is 7.11 Å². The predicted molar refractivity (Wildman–Crippen MR) is 109 cm³/mol. The minimum atomic E-state index is -0.147. The number of hydrogen-bond donors (Lipinski definition) is 0. The van der Waals surface area contributed by atoms with E-state index in [4.69, 9.17) is 4.74 Å². The van der Waals surface area contributed by atoms with Crippen LogP contribution in [0, 0.1) is 0 Å². The SMILES string of the molecule is CCCCCCCCCCN(CCCCCCCCCC)C(=O)OC. The summed E-state index contributed by atoms with van der Waals surface area (Å²) in [7, 11) is 1.50. The lowest BCUT2D eigenvalue weighted by Crippen LogP contribution is -2.32. The molecule has 0 saturated carbocycles. The predicted octanol–water partition coefficient (Wildman–Crippen LogP) is 7.34. The van der Waals surface area contributed by atoms with Gasteiger partial charge in [-0.2, -0.15) is 0 Å². The molecule has 0 aliphatic rings. The molecule has 150 valence electrons. The maximum absolute atomic E-state index is 11.9. The molecule has 3 nitrogen and oxygen atoms in total. The van der Waals surface area contributed by atoms with Crippen LogP contribution in [0.3, 0.4) is 0 Å². The van der Waals surface area contributed by atoms with Crippen molar-refractivity contribution in [3.8, 4) is 0 Å². The molecule has 0 aromatic rings. The van der Waals surface area contributed by atoms with Gasteiger partial charge >= 0.3 is 6.09 Å². The Kier molecular flexibility index (Phi) is 19.0. The monoisotopic (exact) mass is 355 g/mol. The van der Waals surface area contributed by atoms with Crippen molar-refractivity contribution in [3.05, 3.63) is 0 Å². The van der Waals surface area contributed by atoms with Crippen LogP contribution < -0.4 is 0 Å².